The largest absolute Gasteiger partial charge is 0.481 e. The van der Waals surface area contributed by atoms with Crippen LogP contribution in [0.1, 0.15) is 46.0 Å². The van der Waals surface area contributed by atoms with Gasteiger partial charge in [-0.1, -0.05) is 69.0 Å². The third-order valence-electron chi connectivity index (χ3n) is 3.89. The van der Waals surface area contributed by atoms with Gasteiger partial charge in [0.1, 0.15) is 0 Å². The van der Waals surface area contributed by atoms with Gasteiger partial charge < -0.3 is 15.3 Å². The van der Waals surface area contributed by atoms with Crippen LogP contribution in [0.4, 0.5) is 0 Å². The van der Waals surface area contributed by atoms with E-state index in [0.717, 1.165) is 17.6 Å². The Bertz CT molecular complexity index is 528. The summed E-state index contributed by atoms with van der Waals surface area (Å²) >= 11 is 0. The fraction of sp³-hybridized carbons (Fsp3) is 0.476. The first-order chi connectivity index (χ1) is 11.6. The minimum Gasteiger partial charge on any atom is -0.481 e. The highest BCUT2D eigenvalue weighted by Crippen LogP contribution is 2.17. The van der Waals surface area contributed by atoms with Crippen molar-refractivity contribution in [2.45, 2.75) is 58.2 Å². The van der Waals surface area contributed by atoms with Crippen molar-refractivity contribution in [1.29, 1.82) is 0 Å². The summed E-state index contributed by atoms with van der Waals surface area (Å²) in [5.41, 5.74) is 2.36. The maximum absolute atomic E-state index is 10.5. The van der Waals surface area contributed by atoms with Crippen LogP contribution >= 0.6 is 0 Å². The summed E-state index contributed by atoms with van der Waals surface area (Å²) in [4.78, 5) is 10.5. The van der Waals surface area contributed by atoms with E-state index in [1.54, 1.807) is 6.08 Å². The van der Waals surface area contributed by atoms with E-state index in [1.165, 1.54) is 0 Å². The molecule has 3 atom stereocenters. The first kappa shape index (κ1) is 23.1. The molecular weight excluding hydrogens is 316 g/mol. The molecule has 0 heterocycles. The van der Waals surface area contributed by atoms with Crippen molar-refractivity contribution in [2.24, 2.45) is 5.92 Å². The van der Waals surface area contributed by atoms with Crippen LogP contribution in [-0.4, -0.2) is 33.5 Å². The molecule has 0 radical (unpaired) electrons. The molecule has 0 aliphatic rings. The van der Waals surface area contributed by atoms with Crippen LogP contribution in [0.5, 0.6) is 0 Å². The molecular formula is C21H32O4. The lowest BCUT2D eigenvalue weighted by Crippen LogP contribution is -2.23. The third-order valence-corrected chi connectivity index (χ3v) is 3.89. The molecule has 0 aromatic carbocycles. The summed E-state index contributed by atoms with van der Waals surface area (Å²) in [6, 6.07) is 0. The smallest absolute Gasteiger partial charge is 0.307 e. The fourth-order valence-electron chi connectivity index (χ4n) is 2.17. The molecule has 0 rings (SSSR count). The first-order valence-electron chi connectivity index (χ1n) is 8.60. The van der Waals surface area contributed by atoms with Crippen molar-refractivity contribution in [1.82, 2.24) is 0 Å². The Labute approximate surface area is 151 Å². The van der Waals surface area contributed by atoms with E-state index in [-0.39, 0.29) is 12.3 Å². The summed E-state index contributed by atoms with van der Waals surface area (Å²) in [6.07, 6.45) is 8.17. The van der Waals surface area contributed by atoms with Gasteiger partial charge in [-0.3, -0.25) is 4.79 Å². The van der Waals surface area contributed by atoms with Crippen LogP contribution in [0, 0.1) is 5.92 Å². The number of carbonyl (C=O) groups is 1. The highest BCUT2D eigenvalue weighted by Gasteiger charge is 2.16. The zero-order valence-corrected chi connectivity index (χ0v) is 15.4. The highest BCUT2D eigenvalue weighted by molar-refractivity contribution is 5.70. The molecule has 0 aromatic rings. The molecule has 0 amide bonds. The minimum atomic E-state index is -0.902. The monoisotopic (exact) mass is 348 g/mol. The Hall–Kier alpha value is -1.91. The Morgan fingerprint density at radius 3 is 2.32 bits per heavy atom. The molecule has 0 aliphatic heterocycles. The number of aliphatic carboxylic acids is 1. The number of aliphatic hydroxyl groups is 2. The molecule has 0 spiro atoms. The van der Waals surface area contributed by atoms with Crippen molar-refractivity contribution in [3.63, 3.8) is 0 Å². The lowest BCUT2D eigenvalue weighted by Gasteiger charge is -2.19. The fourth-order valence-corrected chi connectivity index (χ4v) is 2.17. The molecule has 3 N–H and O–H groups in total. The predicted molar refractivity (Wildman–Crippen MR) is 103 cm³/mol. The van der Waals surface area contributed by atoms with Crippen molar-refractivity contribution >= 4 is 5.97 Å². The molecule has 0 bridgehead atoms. The molecule has 4 nitrogen and oxygen atoms in total. The number of carboxylic acid groups (broad SMARTS) is 1. The summed E-state index contributed by atoms with van der Waals surface area (Å²) in [5, 5.41) is 28.8. The van der Waals surface area contributed by atoms with E-state index in [2.05, 4.69) is 19.7 Å². The molecule has 140 valence electrons. The van der Waals surface area contributed by atoms with Crippen molar-refractivity contribution in [2.75, 3.05) is 0 Å². The van der Waals surface area contributed by atoms with E-state index < -0.39 is 18.2 Å². The Morgan fingerprint density at radius 2 is 1.76 bits per heavy atom. The predicted octanol–water partition coefficient (Wildman–Crippen LogP) is 4.18. The Balaban J connectivity index is 4.30. The number of allylic oxidation sites excluding steroid dienone is 4. The van der Waals surface area contributed by atoms with Gasteiger partial charge in [0, 0.05) is 12.3 Å². The van der Waals surface area contributed by atoms with E-state index in [0.29, 0.717) is 24.8 Å². The molecule has 0 aliphatic carbocycles. The molecule has 0 aromatic heterocycles. The van der Waals surface area contributed by atoms with Crippen LogP contribution in [0.25, 0.3) is 0 Å². The van der Waals surface area contributed by atoms with Crippen LogP contribution in [0.3, 0.4) is 0 Å². The molecule has 4 heteroatoms. The first-order valence-corrected chi connectivity index (χ1v) is 8.60. The summed E-state index contributed by atoms with van der Waals surface area (Å²) < 4.78 is 0. The SMILES string of the molecule is C=C(/C=C/C(C)C(O)CC(O)CC(=C)CC)C/C=C/C(=C)CC(=O)O. The van der Waals surface area contributed by atoms with Gasteiger partial charge in [0.05, 0.1) is 18.6 Å². The van der Waals surface area contributed by atoms with E-state index >= 15 is 0 Å². The van der Waals surface area contributed by atoms with Crippen LogP contribution in [-0.2, 0) is 4.79 Å². The lowest BCUT2D eigenvalue weighted by molar-refractivity contribution is -0.136. The molecule has 0 saturated carbocycles. The van der Waals surface area contributed by atoms with Crippen LogP contribution in [0.15, 0.2) is 60.8 Å². The van der Waals surface area contributed by atoms with Gasteiger partial charge in [-0.15, -0.1) is 0 Å². The second-order valence-corrected chi connectivity index (χ2v) is 6.48. The van der Waals surface area contributed by atoms with Gasteiger partial charge in [-0.2, -0.15) is 0 Å². The van der Waals surface area contributed by atoms with Gasteiger partial charge in [0.15, 0.2) is 0 Å². The summed E-state index contributed by atoms with van der Waals surface area (Å²) in [5.74, 6) is -1.01. The zero-order valence-electron chi connectivity index (χ0n) is 15.4. The average molecular weight is 348 g/mol. The van der Waals surface area contributed by atoms with Crippen molar-refractivity contribution < 1.29 is 20.1 Å². The minimum absolute atomic E-state index is 0.0746. The number of hydrogen-bond acceptors (Lipinski definition) is 3. The van der Waals surface area contributed by atoms with E-state index in [4.69, 9.17) is 5.11 Å². The molecule has 3 unspecified atom stereocenters. The quantitative estimate of drug-likeness (QED) is 0.345. The maximum Gasteiger partial charge on any atom is 0.307 e. The second kappa shape index (κ2) is 12.5. The number of hydrogen-bond donors (Lipinski definition) is 3. The van der Waals surface area contributed by atoms with E-state index in [9.17, 15) is 15.0 Å². The van der Waals surface area contributed by atoms with Gasteiger partial charge >= 0.3 is 5.97 Å². The number of aliphatic hydroxyl groups excluding tert-OH is 2. The van der Waals surface area contributed by atoms with Gasteiger partial charge in [0.25, 0.3) is 0 Å². The van der Waals surface area contributed by atoms with Crippen molar-refractivity contribution in [3.05, 3.63) is 60.8 Å². The Kier molecular flexibility index (Phi) is 11.5. The third kappa shape index (κ3) is 12.1. The summed E-state index contributed by atoms with van der Waals surface area (Å²) in [7, 11) is 0. The van der Waals surface area contributed by atoms with E-state index in [1.807, 2.05) is 32.1 Å². The van der Waals surface area contributed by atoms with Crippen LogP contribution < -0.4 is 0 Å². The van der Waals surface area contributed by atoms with Gasteiger partial charge in [0.2, 0.25) is 0 Å². The van der Waals surface area contributed by atoms with Crippen molar-refractivity contribution in [3.8, 4) is 0 Å². The zero-order chi connectivity index (χ0) is 19.4. The Morgan fingerprint density at radius 1 is 1.12 bits per heavy atom. The topological polar surface area (TPSA) is 77.8 Å². The van der Waals surface area contributed by atoms with Gasteiger partial charge in [-0.05, 0) is 24.8 Å². The normalized spacial score (nSPS) is 15.2. The molecule has 0 fully saturated rings. The number of carboxylic acids is 1. The van der Waals surface area contributed by atoms with Gasteiger partial charge in [-0.25, -0.2) is 0 Å². The summed E-state index contributed by atoms with van der Waals surface area (Å²) in [6.45, 7) is 15.3. The lowest BCUT2D eigenvalue weighted by atomic mass is 9.95. The maximum atomic E-state index is 10.5. The molecule has 25 heavy (non-hydrogen) atoms. The average Bonchev–Trinajstić information content (AvgIpc) is 2.51. The standard InChI is InChI=1S/C21H32O4/c1-6-15(2)12-19(22)14-20(23)18(5)11-10-16(3)8-7-9-17(4)13-21(24)25/h7,9-11,18-20,22-23H,2-4,6,8,12-14H2,1,5H3,(H,24,25)/b9-7+,11-10+. The highest BCUT2D eigenvalue weighted by atomic mass is 16.4. The van der Waals surface area contributed by atoms with Crippen LogP contribution in [0.2, 0.25) is 0 Å². The second-order valence-electron chi connectivity index (χ2n) is 6.48. The molecule has 0 saturated heterocycles. The number of rotatable bonds is 13.